The van der Waals surface area contributed by atoms with Gasteiger partial charge in [0.25, 0.3) is 0 Å². The van der Waals surface area contributed by atoms with Gasteiger partial charge in [0.05, 0.1) is 5.02 Å². The summed E-state index contributed by atoms with van der Waals surface area (Å²) in [4.78, 5) is 0. The zero-order valence-corrected chi connectivity index (χ0v) is 13.6. The van der Waals surface area contributed by atoms with Gasteiger partial charge in [0.1, 0.15) is 25.4 Å². The number of benzene rings is 1. The van der Waals surface area contributed by atoms with E-state index >= 15 is 0 Å². The van der Waals surface area contributed by atoms with Crippen LogP contribution in [0.15, 0.2) is 18.5 Å². The lowest BCUT2D eigenvalue weighted by Gasteiger charge is -2.23. The molecule has 0 radical (unpaired) electrons. The van der Waals surface area contributed by atoms with Crippen LogP contribution in [-0.2, 0) is 19.5 Å². The summed E-state index contributed by atoms with van der Waals surface area (Å²) in [5.74, 6) is 3.10. The lowest BCUT2D eigenvalue weighted by Crippen LogP contribution is -2.29. The number of halogens is 1. The monoisotopic (exact) mass is 334 g/mol. The van der Waals surface area contributed by atoms with Crippen molar-refractivity contribution in [3.8, 4) is 11.5 Å². The summed E-state index contributed by atoms with van der Waals surface area (Å²) in [6.45, 7) is 3.84. The van der Waals surface area contributed by atoms with Gasteiger partial charge in [-0.05, 0) is 36.6 Å². The SMILES string of the molecule is Clc1cc(CNC[C@H]2CCc3nncn3C2)cc2c1OCCO2. The molecule has 23 heavy (non-hydrogen) atoms. The van der Waals surface area contributed by atoms with Crippen molar-refractivity contribution in [2.45, 2.75) is 25.9 Å². The van der Waals surface area contributed by atoms with Crippen LogP contribution in [0.5, 0.6) is 11.5 Å². The molecule has 1 atom stereocenters. The smallest absolute Gasteiger partial charge is 0.179 e. The second-order valence-electron chi connectivity index (χ2n) is 6.04. The molecule has 0 aliphatic carbocycles. The standard InChI is InChI=1S/C16H19ClN4O2/c17-13-5-12(6-14-16(13)23-4-3-22-14)8-18-7-11-1-2-15-20-19-10-21(15)9-11/h5-6,10-11,18H,1-4,7-9H2/t11-/m1/s1. The number of ether oxygens (including phenoxy) is 2. The minimum Gasteiger partial charge on any atom is -0.486 e. The molecule has 2 aliphatic heterocycles. The number of nitrogens with zero attached hydrogens (tertiary/aromatic N) is 3. The molecule has 0 saturated carbocycles. The second-order valence-corrected chi connectivity index (χ2v) is 6.44. The van der Waals surface area contributed by atoms with Crippen LogP contribution in [0.4, 0.5) is 0 Å². The molecule has 4 rings (SSSR count). The van der Waals surface area contributed by atoms with Gasteiger partial charge in [-0.25, -0.2) is 0 Å². The fourth-order valence-corrected chi connectivity index (χ4v) is 3.47. The highest BCUT2D eigenvalue weighted by atomic mass is 35.5. The Kier molecular flexibility index (Phi) is 4.10. The molecule has 7 heteroatoms. The second kappa shape index (κ2) is 6.37. The third-order valence-electron chi connectivity index (χ3n) is 4.35. The summed E-state index contributed by atoms with van der Waals surface area (Å²) in [6.07, 6.45) is 3.97. The summed E-state index contributed by atoms with van der Waals surface area (Å²) >= 11 is 6.27. The average molecular weight is 335 g/mol. The van der Waals surface area contributed by atoms with Crippen LogP contribution in [0.3, 0.4) is 0 Å². The van der Waals surface area contributed by atoms with Gasteiger partial charge in [-0.2, -0.15) is 0 Å². The summed E-state index contributed by atoms with van der Waals surface area (Å²) < 4.78 is 13.3. The molecule has 122 valence electrons. The Morgan fingerprint density at radius 2 is 2.22 bits per heavy atom. The van der Waals surface area contributed by atoms with Crippen molar-refractivity contribution in [2.24, 2.45) is 5.92 Å². The minimum atomic E-state index is 0.553. The summed E-state index contributed by atoms with van der Waals surface area (Å²) in [5.41, 5.74) is 1.11. The zero-order chi connectivity index (χ0) is 15.6. The van der Waals surface area contributed by atoms with E-state index in [0.717, 1.165) is 49.6 Å². The largest absolute Gasteiger partial charge is 0.486 e. The lowest BCUT2D eigenvalue weighted by atomic mass is 9.99. The molecule has 1 aromatic carbocycles. The van der Waals surface area contributed by atoms with Crippen molar-refractivity contribution < 1.29 is 9.47 Å². The molecule has 0 fully saturated rings. The van der Waals surface area contributed by atoms with Crippen LogP contribution in [0.1, 0.15) is 17.8 Å². The molecular formula is C16H19ClN4O2. The van der Waals surface area contributed by atoms with Crippen molar-refractivity contribution in [3.05, 3.63) is 34.9 Å². The number of hydrogen-bond donors (Lipinski definition) is 1. The average Bonchev–Trinajstić information content (AvgIpc) is 3.03. The maximum Gasteiger partial charge on any atom is 0.179 e. The van der Waals surface area contributed by atoms with Crippen molar-refractivity contribution in [3.63, 3.8) is 0 Å². The van der Waals surface area contributed by atoms with E-state index in [1.807, 2.05) is 18.5 Å². The first-order valence-corrected chi connectivity index (χ1v) is 8.33. The Morgan fingerprint density at radius 1 is 1.30 bits per heavy atom. The number of nitrogens with one attached hydrogen (secondary N) is 1. The molecule has 0 spiro atoms. The Hall–Kier alpha value is -1.79. The first-order valence-electron chi connectivity index (χ1n) is 7.95. The van der Waals surface area contributed by atoms with Gasteiger partial charge >= 0.3 is 0 Å². The van der Waals surface area contributed by atoms with E-state index in [-0.39, 0.29) is 0 Å². The number of aromatic nitrogens is 3. The number of aryl methyl sites for hydroxylation is 1. The summed E-state index contributed by atoms with van der Waals surface area (Å²) in [7, 11) is 0. The Balaban J connectivity index is 1.34. The molecule has 0 amide bonds. The number of fused-ring (bicyclic) bond motifs is 2. The normalized spacial score (nSPS) is 19.4. The topological polar surface area (TPSA) is 61.2 Å². The van der Waals surface area contributed by atoms with E-state index in [1.54, 1.807) is 0 Å². The van der Waals surface area contributed by atoms with Gasteiger partial charge < -0.3 is 19.4 Å². The van der Waals surface area contributed by atoms with Gasteiger partial charge in [-0.3, -0.25) is 0 Å². The predicted octanol–water partition coefficient (Wildman–Crippen LogP) is 2.05. The first-order chi connectivity index (χ1) is 11.3. The molecule has 0 bridgehead atoms. The van der Waals surface area contributed by atoms with Crippen LogP contribution < -0.4 is 14.8 Å². The summed E-state index contributed by atoms with van der Waals surface area (Å²) in [6, 6.07) is 3.95. The third kappa shape index (κ3) is 3.14. The Morgan fingerprint density at radius 3 is 3.17 bits per heavy atom. The molecule has 2 aliphatic rings. The Bertz CT molecular complexity index is 703. The van der Waals surface area contributed by atoms with Crippen molar-refractivity contribution in [2.75, 3.05) is 19.8 Å². The minimum absolute atomic E-state index is 0.553. The van der Waals surface area contributed by atoms with Gasteiger partial charge in [-0.15, -0.1) is 10.2 Å². The van der Waals surface area contributed by atoms with Crippen molar-refractivity contribution in [1.82, 2.24) is 20.1 Å². The molecule has 6 nitrogen and oxygen atoms in total. The van der Waals surface area contributed by atoms with E-state index in [0.29, 0.717) is 29.9 Å². The lowest BCUT2D eigenvalue weighted by molar-refractivity contribution is 0.171. The molecule has 3 heterocycles. The van der Waals surface area contributed by atoms with E-state index in [2.05, 4.69) is 20.1 Å². The van der Waals surface area contributed by atoms with Gasteiger partial charge in [0.2, 0.25) is 0 Å². The molecule has 1 aromatic heterocycles. The van der Waals surface area contributed by atoms with E-state index in [9.17, 15) is 0 Å². The third-order valence-corrected chi connectivity index (χ3v) is 4.63. The van der Waals surface area contributed by atoms with E-state index < -0.39 is 0 Å². The van der Waals surface area contributed by atoms with Crippen LogP contribution in [0.25, 0.3) is 0 Å². The highest BCUT2D eigenvalue weighted by Crippen LogP contribution is 2.38. The van der Waals surface area contributed by atoms with E-state index in [4.69, 9.17) is 21.1 Å². The maximum absolute atomic E-state index is 6.27. The zero-order valence-electron chi connectivity index (χ0n) is 12.8. The predicted molar refractivity (Wildman–Crippen MR) is 86.0 cm³/mol. The van der Waals surface area contributed by atoms with Crippen LogP contribution in [0.2, 0.25) is 5.02 Å². The molecule has 0 unspecified atom stereocenters. The van der Waals surface area contributed by atoms with Gasteiger partial charge in [0.15, 0.2) is 11.5 Å². The number of rotatable bonds is 4. The summed E-state index contributed by atoms with van der Waals surface area (Å²) in [5, 5.41) is 12.2. The van der Waals surface area contributed by atoms with Gasteiger partial charge in [0, 0.05) is 19.5 Å². The van der Waals surface area contributed by atoms with Crippen LogP contribution >= 0.6 is 11.6 Å². The highest BCUT2D eigenvalue weighted by Gasteiger charge is 2.20. The highest BCUT2D eigenvalue weighted by molar-refractivity contribution is 6.32. The fraction of sp³-hybridized carbons (Fsp3) is 0.500. The molecule has 2 aromatic rings. The fourth-order valence-electron chi connectivity index (χ4n) is 3.18. The van der Waals surface area contributed by atoms with Gasteiger partial charge in [-0.1, -0.05) is 11.6 Å². The van der Waals surface area contributed by atoms with Crippen molar-refractivity contribution in [1.29, 1.82) is 0 Å². The molecule has 0 saturated heterocycles. The van der Waals surface area contributed by atoms with Crippen molar-refractivity contribution >= 4 is 11.6 Å². The maximum atomic E-state index is 6.27. The van der Waals surface area contributed by atoms with Crippen LogP contribution in [-0.4, -0.2) is 34.5 Å². The Labute approximate surface area is 139 Å². The number of hydrogen-bond acceptors (Lipinski definition) is 5. The molecule has 1 N–H and O–H groups in total. The molecular weight excluding hydrogens is 316 g/mol. The first kappa shape index (κ1) is 14.8. The van der Waals surface area contributed by atoms with E-state index in [1.165, 1.54) is 0 Å². The van der Waals surface area contributed by atoms with Crippen LogP contribution in [0, 0.1) is 5.92 Å². The quantitative estimate of drug-likeness (QED) is 0.927.